The van der Waals surface area contributed by atoms with E-state index in [9.17, 15) is 14.7 Å². The second-order valence-electron chi connectivity index (χ2n) is 8.31. The maximum atomic E-state index is 13.2. The smallest absolute Gasteiger partial charge is 0.295 e. The Morgan fingerprint density at radius 1 is 0.944 bits per heavy atom. The van der Waals surface area contributed by atoms with Crippen molar-refractivity contribution in [3.8, 4) is 11.5 Å². The van der Waals surface area contributed by atoms with Crippen LogP contribution in [0.15, 0.2) is 79.4 Å². The van der Waals surface area contributed by atoms with E-state index in [-0.39, 0.29) is 11.3 Å². The van der Waals surface area contributed by atoms with Crippen LogP contribution < -0.4 is 9.47 Å². The predicted molar refractivity (Wildman–Crippen MR) is 141 cm³/mol. The quantitative estimate of drug-likeness (QED) is 0.192. The van der Waals surface area contributed by atoms with E-state index >= 15 is 0 Å². The number of aliphatic hydroxyl groups excluding tert-OH is 1. The fraction of sp³-hybridized carbons (Fsp3) is 0.310. The van der Waals surface area contributed by atoms with Gasteiger partial charge in [0.25, 0.3) is 11.7 Å². The van der Waals surface area contributed by atoms with Gasteiger partial charge >= 0.3 is 0 Å². The molecule has 2 aromatic rings. The molecule has 1 fully saturated rings. The maximum absolute atomic E-state index is 13.2. The molecule has 0 bridgehead atoms. The SMILES string of the molecule is C=CCOc1ccc(/C(O)=C2\C(=O)C(=O)N(CCN(CC)CC)[C@@H]2c2ccc(OCC=C)cc2)cc1. The first-order valence-electron chi connectivity index (χ1n) is 12.1. The Hall–Kier alpha value is -3.84. The van der Waals surface area contributed by atoms with Gasteiger partial charge in [0.2, 0.25) is 0 Å². The molecule has 1 saturated heterocycles. The summed E-state index contributed by atoms with van der Waals surface area (Å²) in [4.78, 5) is 30.1. The third-order valence-electron chi connectivity index (χ3n) is 6.15. The summed E-state index contributed by atoms with van der Waals surface area (Å²) in [7, 11) is 0. The summed E-state index contributed by atoms with van der Waals surface area (Å²) in [5.74, 6) is -0.278. The molecule has 0 aromatic heterocycles. The second kappa shape index (κ2) is 12.7. The van der Waals surface area contributed by atoms with Crippen molar-refractivity contribution >= 4 is 17.4 Å². The number of carbonyl (C=O) groups is 2. The lowest BCUT2D eigenvalue weighted by Crippen LogP contribution is -2.38. The molecule has 0 unspecified atom stereocenters. The van der Waals surface area contributed by atoms with Crippen LogP contribution >= 0.6 is 0 Å². The van der Waals surface area contributed by atoms with E-state index in [1.807, 2.05) is 12.1 Å². The van der Waals surface area contributed by atoms with Crippen LogP contribution in [0, 0.1) is 0 Å². The fourth-order valence-corrected chi connectivity index (χ4v) is 4.17. The van der Waals surface area contributed by atoms with Gasteiger partial charge in [-0.15, -0.1) is 0 Å². The summed E-state index contributed by atoms with van der Waals surface area (Å²) in [5.41, 5.74) is 1.21. The lowest BCUT2D eigenvalue weighted by Gasteiger charge is -2.28. The van der Waals surface area contributed by atoms with Crippen LogP contribution in [0.25, 0.3) is 5.76 Å². The van der Waals surface area contributed by atoms with Crippen molar-refractivity contribution in [2.45, 2.75) is 19.9 Å². The second-order valence-corrected chi connectivity index (χ2v) is 8.31. The third kappa shape index (κ3) is 6.04. The summed E-state index contributed by atoms with van der Waals surface area (Å²) in [6.07, 6.45) is 3.30. The number of hydrogen-bond acceptors (Lipinski definition) is 6. The zero-order valence-electron chi connectivity index (χ0n) is 21.0. The summed E-state index contributed by atoms with van der Waals surface area (Å²) in [6, 6.07) is 13.2. The molecule has 2 aromatic carbocycles. The Labute approximate surface area is 212 Å². The van der Waals surface area contributed by atoms with E-state index in [0.29, 0.717) is 48.9 Å². The molecule has 1 heterocycles. The number of benzene rings is 2. The average Bonchev–Trinajstić information content (AvgIpc) is 3.16. The van der Waals surface area contributed by atoms with Crippen LogP contribution in [-0.4, -0.2) is 66.0 Å². The molecule has 1 aliphatic rings. The van der Waals surface area contributed by atoms with Gasteiger partial charge in [-0.1, -0.05) is 51.3 Å². The highest BCUT2D eigenvalue weighted by atomic mass is 16.5. The molecule has 1 amide bonds. The van der Waals surface area contributed by atoms with E-state index in [1.165, 1.54) is 0 Å². The minimum absolute atomic E-state index is 0.0686. The Morgan fingerprint density at radius 2 is 1.47 bits per heavy atom. The number of ether oxygens (including phenoxy) is 2. The van der Waals surface area contributed by atoms with Crippen molar-refractivity contribution in [3.05, 3.63) is 90.5 Å². The van der Waals surface area contributed by atoms with Crippen molar-refractivity contribution in [3.63, 3.8) is 0 Å². The number of nitrogens with zero attached hydrogens (tertiary/aromatic N) is 2. The maximum Gasteiger partial charge on any atom is 0.295 e. The summed E-state index contributed by atoms with van der Waals surface area (Å²) < 4.78 is 11.1. The van der Waals surface area contributed by atoms with Crippen LogP contribution in [0.1, 0.15) is 31.0 Å². The number of amides is 1. The van der Waals surface area contributed by atoms with Crippen LogP contribution in [0.4, 0.5) is 0 Å². The molecule has 1 N–H and O–H groups in total. The molecule has 1 atom stereocenters. The number of aliphatic hydroxyl groups is 1. The van der Waals surface area contributed by atoms with Crippen LogP contribution in [-0.2, 0) is 9.59 Å². The first-order valence-corrected chi connectivity index (χ1v) is 12.1. The Morgan fingerprint density at radius 3 is 1.97 bits per heavy atom. The summed E-state index contributed by atoms with van der Waals surface area (Å²) in [6.45, 7) is 14.8. The Balaban J connectivity index is 2.02. The van der Waals surface area contributed by atoms with Gasteiger partial charge in [-0.2, -0.15) is 0 Å². The molecule has 190 valence electrons. The van der Waals surface area contributed by atoms with Crippen LogP contribution in [0.5, 0.6) is 11.5 Å². The van der Waals surface area contributed by atoms with E-state index in [1.54, 1.807) is 53.5 Å². The number of hydrogen-bond donors (Lipinski definition) is 1. The highest BCUT2D eigenvalue weighted by molar-refractivity contribution is 6.46. The van der Waals surface area contributed by atoms with Crippen LogP contribution in [0.3, 0.4) is 0 Å². The molecule has 0 aliphatic carbocycles. The van der Waals surface area contributed by atoms with Gasteiger partial charge in [-0.25, -0.2) is 0 Å². The fourth-order valence-electron chi connectivity index (χ4n) is 4.17. The van der Waals surface area contributed by atoms with E-state index in [0.717, 1.165) is 13.1 Å². The van der Waals surface area contributed by atoms with E-state index in [4.69, 9.17) is 9.47 Å². The molecule has 7 nitrogen and oxygen atoms in total. The minimum Gasteiger partial charge on any atom is -0.507 e. The standard InChI is InChI=1S/C29H34N2O5/c1-5-19-35-23-13-9-21(10-14-23)26-25(27(32)22-11-15-24(16-12-22)36-20-6-2)28(33)29(34)31(26)18-17-30(7-3)8-4/h5-6,9-16,26,32H,1-2,7-8,17-20H2,3-4H3/b27-25+/t26-/m1/s1. The molecule has 0 saturated carbocycles. The minimum atomic E-state index is -0.717. The normalized spacial score (nSPS) is 16.9. The monoisotopic (exact) mass is 490 g/mol. The highest BCUT2D eigenvalue weighted by Gasteiger charge is 2.46. The molecule has 0 radical (unpaired) electrons. The molecule has 3 rings (SSSR count). The average molecular weight is 491 g/mol. The first-order chi connectivity index (χ1) is 17.4. The third-order valence-corrected chi connectivity index (χ3v) is 6.15. The van der Waals surface area contributed by atoms with E-state index in [2.05, 4.69) is 31.9 Å². The van der Waals surface area contributed by atoms with Gasteiger partial charge in [0.15, 0.2) is 0 Å². The van der Waals surface area contributed by atoms with E-state index < -0.39 is 17.7 Å². The Kier molecular flexibility index (Phi) is 9.47. The predicted octanol–water partition coefficient (Wildman–Crippen LogP) is 4.58. The van der Waals surface area contributed by atoms with Crippen molar-refractivity contribution < 1.29 is 24.2 Å². The molecule has 1 aliphatic heterocycles. The lowest BCUT2D eigenvalue weighted by atomic mass is 9.95. The van der Waals surface area contributed by atoms with Gasteiger partial charge in [-0.05, 0) is 55.1 Å². The van der Waals surface area contributed by atoms with Crippen LogP contribution in [0.2, 0.25) is 0 Å². The number of likely N-dealkylation sites (N-methyl/N-ethyl adjacent to an activating group) is 1. The molecular formula is C29H34N2O5. The van der Waals surface area contributed by atoms with Gasteiger partial charge in [0.1, 0.15) is 30.5 Å². The Bertz CT molecular complexity index is 1100. The molecule has 7 heteroatoms. The topological polar surface area (TPSA) is 79.3 Å². The van der Waals surface area contributed by atoms with Gasteiger partial charge < -0.3 is 24.4 Å². The van der Waals surface area contributed by atoms with Crippen molar-refractivity contribution in [1.82, 2.24) is 9.80 Å². The zero-order chi connectivity index (χ0) is 26.1. The largest absolute Gasteiger partial charge is 0.507 e. The molecule has 36 heavy (non-hydrogen) atoms. The number of ketones is 1. The van der Waals surface area contributed by atoms with Crippen molar-refractivity contribution in [2.75, 3.05) is 39.4 Å². The highest BCUT2D eigenvalue weighted by Crippen LogP contribution is 2.39. The van der Waals surface area contributed by atoms with Crippen molar-refractivity contribution in [1.29, 1.82) is 0 Å². The summed E-state index contributed by atoms with van der Waals surface area (Å²) in [5, 5.41) is 11.2. The lowest BCUT2D eigenvalue weighted by molar-refractivity contribution is -0.140. The van der Waals surface area contributed by atoms with Gasteiger partial charge in [0.05, 0.1) is 11.6 Å². The summed E-state index contributed by atoms with van der Waals surface area (Å²) >= 11 is 0. The van der Waals surface area contributed by atoms with Gasteiger partial charge in [-0.3, -0.25) is 9.59 Å². The zero-order valence-corrected chi connectivity index (χ0v) is 21.0. The first kappa shape index (κ1) is 26.8. The molecule has 0 spiro atoms. The van der Waals surface area contributed by atoms with Crippen molar-refractivity contribution in [2.24, 2.45) is 0 Å². The number of likely N-dealkylation sites (tertiary alicyclic amines) is 1. The number of rotatable bonds is 13. The van der Waals surface area contributed by atoms with Gasteiger partial charge in [0, 0.05) is 18.7 Å². The molecular weight excluding hydrogens is 456 g/mol. The number of carbonyl (C=O) groups excluding carboxylic acids is 2. The number of Topliss-reactive ketones (excluding diaryl/α,β-unsaturated/α-hetero) is 1.